The average molecular weight is 420 g/mol. The maximum absolute atomic E-state index is 13.3. The highest BCUT2D eigenvalue weighted by Crippen LogP contribution is 2.41. The predicted molar refractivity (Wildman–Crippen MR) is 91.5 cm³/mol. The fourth-order valence-electron chi connectivity index (χ4n) is 2.57. The van der Waals surface area contributed by atoms with Crippen molar-refractivity contribution in [2.24, 2.45) is 0 Å². The number of aromatic nitrogens is 1. The van der Waals surface area contributed by atoms with Crippen LogP contribution in [0.5, 0.6) is 0 Å². The first kappa shape index (κ1) is 19.4. The van der Waals surface area contributed by atoms with Gasteiger partial charge in [-0.1, -0.05) is 11.2 Å². The highest BCUT2D eigenvalue weighted by molar-refractivity contribution is 7.93. The van der Waals surface area contributed by atoms with Crippen LogP contribution < -0.4 is 4.72 Å². The molecule has 0 unspecified atom stereocenters. The number of hydrogen-bond donors (Lipinski definition) is 1. The van der Waals surface area contributed by atoms with E-state index < -0.39 is 27.8 Å². The number of nitrogens with zero attached hydrogens (tertiary/aromatic N) is 1. The maximum Gasteiger partial charge on any atom is 0.452 e. The molecule has 0 atom stereocenters. The fourth-order valence-corrected chi connectivity index (χ4v) is 5.49. The highest BCUT2D eigenvalue weighted by Gasteiger charge is 2.37. The van der Waals surface area contributed by atoms with Gasteiger partial charge in [0, 0.05) is 21.4 Å². The first-order valence-electron chi connectivity index (χ1n) is 7.41. The van der Waals surface area contributed by atoms with Gasteiger partial charge < -0.3 is 4.52 Å². The van der Waals surface area contributed by atoms with E-state index in [9.17, 15) is 26.0 Å². The number of anilines is 1. The number of alkyl halides is 3. The molecule has 0 radical (unpaired) electrons. The van der Waals surface area contributed by atoms with Crippen LogP contribution in [0.15, 0.2) is 39.8 Å². The topological polar surface area (TPSA) is 72.2 Å². The summed E-state index contributed by atoms with van der Waals surface area (Å²) in [5.74, 6) is -1.97. The molecule has 2 aromatic heterocycles. The molecule has 27 heavy (non-hydrogen) atoms. The van der Waals surface area contributed by atoms with E-state index in [1.54, 1.807) is 6.92 Å². The number of sulfonamides is 1. The van der Waals surface area contributed by atoms with Gasteiger partial charge in [-0.05, 0) is 32.0 Å². The minimum atomic E-state index is -4.75. The summed E-state index contributed by atoms with van der Waals surface area (Å²) in [6.07, 6.45) is -4.75. The molecule has 5 nitrogen and oxygen atoms in total. The van der Waals surface area contributed by atoms with Crippen LogP contribution in [0.25, 0.3) is 11.3 Å². The maximum atomic E-state index is 13.3. The van der Waals surface area contributed by atoms with Crippen molar-refractivity contribution < 1.29 is 30.5 Å². The van der Waals surface area contributed by atoms with E-state index in [-0.39, 0.29) is 21.8 Å². The number of nitrogens with one attached hydrogen (secondary N) is 1. The Morgan fingerprint density at radius 3 is 2.44 bits per heavy atom. The molecule has 0 amide bonds. The molecule has 1 aromatic carbocycles. The number of thiophene rings is 1. The Labute approximate surface area is 155 Å². The van der Waals surface area contributed by atoms with E-state index in [0.717, 1.165) is 23.5 Å². The summed E-state index contributed by atoms with van der Waals surface area (Å²) < 4.78 is 83.9. The summed E-state index contributed by atoms with van der Waals surface area (Å²) in [5, 5.41) is 3.38. The summed E-state index contributed by atoms with van der Waals surface area (Å²) in [4.78, 5) is 0.577. The molecule has 11 heteroatoms. The Balaban J connectivity index is 2.10. The lowest BCUT2D eigenvalue weighted by Crippen LogP contribution is -2.14. The summed E-state index contributed by atoms with van der Waals surface area (Å²) in [5.41, 5.74) is -0.246. The summed E-state index contributed by atoms with van der Waals surface area (Å²) in [6, 6.07) is 5.47. The molecule has 0 aliphatic rings. The van der Waals surface area contributed by atoms with Crippen molar-refractivity contribution >= 4 is 27.0 Å². The van der Waals surface area contributed by atoms with E-state index in [2.05, 4.69) is 14.4 Å². The molecule has 2 heterocycles. The van der Waals surface area contributed by atoms with Gasteiger partial charge in [0.2, 0.25) is 5.76 Å². The van der Waals surface area contributed by atoms with Crippen molar-refractivity contribution in [2.75, 3.05) is 4.72 Å². The monoisotopic (exact) mass is 420 g/mol. The molecule has 0 saturated heterocycles. The third-order valence-corrected chi connectivity index (χ3v) is 6.30. The van der Waals surface area contributed by atoms with Crippen molar-refractivity contribution in [3.63, 3.8) is 0 Å². The molecule has 0 bridgehead atoms. The number of rotatable bonds is 4. The van der Waals surface area contributed by atoms with Crippen molar-refractivity contribution in [2.45, 2.75) is 24.9 Å². The Morgan fingerprint density at radius 2 is 1.85 bits per heavy atom. The molecule has 3 aromatic rings. The first-order valence-corrected chi connectivity index (χ1v) is 9.71. The molecule has 0 saturated carbocycles. The van der Waals surface area contributed by atoms with Gasteiger partial charge in [0.1, 0.15) is 16.4 Å². The quantitative estimate of drug-likeness (QED) is 0.605. The van der Waals surface area contributed by atoms with E-state index >= 15 is 0 Å². The summed E-state index contributed by atoms with van der Waals surface area (Å²) in [6.45, 7) is 3.09. The van der Waals surface area contributed by atoms with Crippen molar-refractivity contribution in [3.05, 3.63) is 51.7 Å². The number of hydrogen-bond acceptors (Lipinski definition) is 5. The zero-order valence-corrected chi connectivity index (χ0v) is 15.5. The summed E-state index contributed by atoms with van der Waals surface area (Å²) >= 11 is 1.09. The molecule has 0 fully saturated rings. The van der Waals surface area contributed by atoms with Crippen LogP contribution in [-0.2, 0) is 16.2 Å². The van der Waals surface area contributed by atoms with Gasteiger partial charge in [-0.25, -0.2) is 12.8 Å². The van der Waals surface area contributed by atoms with Crippen LogP contribution in [-0.4, -0.2) is 13.6 Å². The molecule has 0 aliphatic heterocycles. The van der Waals surface area contributed by atoms with Gasteiger partial charge in [0.25, 0.3) is 10.0 Å². The standard InChI is InChI=1S/C16H12F4N2O3S2/c1-8-14(12-7-13(25-21-12)16(18,19)20)15(9(2)26-8)27(23,24)22-11-5-3-4-10(17)6-11/h3-7,22H,1-2H3. The van der Waals surface area contributed by atoms with E-state index in [0.29, 0.717) is 15.8 Å². The Kier molecular flexibility index (Phi) is 4.76. The second kappa shape index (κ2) is 6.64. The normalized spacial score (nSPS) is 12.4. The van der Waals surface area contributed by atoms with Crippen LogP contribution in [0.3, 0.4) is 0 Å². The predicted octanol–water partition coefficient (Wildman–Crippen LogP) is 4.98. The lowest BCUT2D eigenvalue weighted by molar-refractivity contribution is -0.155. The van der Waals surface area contributed by atoms with Crippen molar-refractivity contribution in [1.82, 2.24) is 5.16 Å². The summed E-state index contributed by atoms with van der Waals surface area (Å²) in [7, 11) is -4.21. The number of aryl methyl sites for hydroxylation is 2. The van der Waals surface area contributed by atoms with Crippen LogP contribution in [0.2, 0.25) is 0 Å². The Morgan fingerprint density at radius 1 is 1.15 bits per heavy atom. The van der Waals surface area contributed by atoms with Gasteiger partial charge in [0.05, 0.1) is 5.69 Å². The molecule has 144 valence electrons. The number of halogens is 4. The zero-order chi connectivity index (χ0) is 20.0. The van der Waals surface area contributed by atoms with Crippen LogP contribution >= 0.6 is 11.3 Å². The molecule has 0 spiro atoms. The third kappa shape index (κ3) is 3.83. The van der Waals surface area contributed by atoms with Gasteiger partial charge in [-0.3, -0.25) is 4.72 Å². The van der Waals surface area contributed by atoms with Crippen LogP contribution in [0, 0.1) is 19.7 Å². The number of benzene rings is 1. The smallest absolute Gasteiger partial charge is 0.351 e. The van der Waals surface area contributed by atoms with E-state index in [1.165, 1.54) is 19.1 Å². The van der Waals surface area contributed by atoms with E-state index in [4.69, 9.17) is 0 Å². The Bertz CT molecular complexity index is 1100. The molecule has 3 rings (SSSR count). The molecular formula is C16H12F4N2O3S2. The van der Waals surface area contributed by atoms with Crippen molar-refractivity contribution in [3.8, 4) is 11.3 Å². The second-order valence-corrected chi connectivity index (χ2v) is 8.66. The van der Waals surface area contributed by atoms with E-state index in [1.807, 2.05) is 0 Å². The first-order chi connectivity index (χ1) is 12.5. The SMILES string of the molecule is Cc1sc(C)c(S(=O)(=O)Nc2cccc(F)c2)c1-c1cc(C(F)(F)F)on1. The zero-order valence-electron chi connectivity index (χ0n) is 13.9. The lowest BCUT2D eigenvalue weighted by Gasteiger charge is -2.10. The Hall–Kier alpha value is -2.40. The molecule has 1 N–H and O–H groups in total. The fraction of sp³-hybridized carbons (Fsp3) is 0.188. The van der Waals surface area contributed by atoms with Gasteiger partial charge in [0.15, 0.2) is 0 Å². The average Bonchev–Trinajstić information content (AvgIpc) is 3.10. The minimum Gasteiger partial charge on any atom is -0.351 e. The van der Waals surface area contributed by atoms with Gasteiger partial charge in [-0.15, -0.1) is 11.3 Å². The molecule has 0 aliphatic carbocycles. The largest absolute Gasteiger partial charge is 0.452 e. The van der Waals surface area contributed by atoms with Crippen molar-refractivity contribution in [1.29, 1.82) is 0 Å². The third-order valence-electron chi connectivity index (χ3n) is 3.60. The lowest BCUT2D eigenvalue weighted by atomic mass is 10.1. The van der Waals surface area contributed by atoms with Crippen LogP contribution in [0.1, 0.15) is 15.5 Å². The minimum absolute atomic E-state index is 0.0136. The molecular weight excluding hydrogens is 408 g/mol. The van der Waals surface area contributed by atoms with Gasteiger partial charge in [-0.2, -0.15) is 13.2 Å². The van der Waals surface area contributed by atoms with Crippen LogP contribution in [0.4, 0.5) is 23.2 Å². The highest BCUT2D eigenvalue weighted by atomic mass is 32.2. The van der Waals surface area contributed by atoms with Gasteiger partial charge >= 0.3 is 6.18 Å². The second-order valence-electron chi connectivity index (χ2n) is 5.61.